The highest BCUT2D eigenvalue weighted by Crippen LogP contribution is 2.41. The van der Waals surface area contributed by atoms with Crippen LogP contribution in [0.3, 0.4) is 0 Å². The van der Waals surface area contributed by atoms with Gasteiger partial charge < -0.3 is 18.9 Å². The minimum atomic E-state index is 0.0736. The van der Waals surface area contributed by atoms with Crippen LogP contribution in [0.1, 0.15) is 61.0 Å². The van der Waals surface area contributed by atoms with Gasteiger partial charge in [0.2, 0.25) is 5.91 Å². The third-order valence-electron chi connectivity index (χ3n) is 6.93. The Balaban J connectivity index is 1.16. The van der Waals surface area contributed by atoms with Crippen molar-refractivity contribution in [1.82, 2.24) is 19.7 Å². The van der Waals surface area contributed by atoms with Gasteiger partial charge in [0.05, 0.1) is 31.6 Å². The normalized spacial score (nSPS) is 19.5. The molecule has 1 aliphatic carbocycles. The Kier molecular flexibility index (Phi) is 6.37. The highest BCUT2D eigenvalue weighted by Gasteiger charge is 2.33. The van der Waals surface area contributed by atoms with E-state index in [1.54, 1.807) is 0 Å². The van der Waals surface area contributed by atoms with Gasteiger partial charge in [0, 0.05) is 18.9 Å². The molecule has 6 rings (SSSR count). The van der Waals surface area contributed by atoms with E-state index in [1.165, 1.54) is 30.2 Å². The molecule has 0 N–H and O–H groups in total. The number of likely N-dealkylation sites (tertiary alicyclic amines) is 1. The number of carbonyl (C=O) groups is 1. The molecule has 0 bridgehead atoms. The molecule has 1 atom stereocenters. The molecule has 35 heavy (non-hydrogen) atoms. The first-order valence-corrected chi connectivity index (χ1v) is 13.5. The molecule has 3 aromatic rings. The number of ether oxygens (including phenoxy) is 2. The van der Waals surface area contributed by atoms with Crippen LogP contribution >= 0.6 is 11.8 Å². The maximum absolute atomic E-state index is 13.4. The molecule has 2 aliphatic heterocycles. The fraction of sp³-hybridized carbons (Fsp3) is 0.444. The lowest BCUT2D eigenvalue weighted by molar-refractivity contribution is -0.129. The Hall–Kier alpha value is -3.00. The van der Waals surface area contributed by atoms with Crippen LogP contribution in [0.25, 0.3) is 0 Å². The minimum absolute atomic E-state index is 0.0736. The number of nitrogens with zero attached hydrogens (tertiary/aromatic N) is 4. The quantitative estimate of drug-likeness (QED) is 0.442. The van der Waals surface area contributed by atoms with Crippen LogP contribution in [-0.4, -0.2) is 51.1 Å². The molecule has 8 heteroatoms. The molecule has 1 amide bonds. The van der Waals surface area contributed by atoms with Crippen molar-refractivity contribution in [2.24, 2.45) is 0 Å². The number of rotatable bonds is 7. The molecule has 1 unspecified atom stereocenters. The number of benzene rings is 2. The lowest BCUT2D eigenvalue weighted by atomic mass is 10.0. The Morgan fingerprint density at radius 2 is 1.80 bits per heavy atom. The molecule has 0 spiro atoms. The SMILES string of the molecule is O=C(CSc1nnc(C2CC2)n1Cc1ccccc1)N1CCCC1c1ccc2c(c1)OCCCO2. The van der Waals surface area contributed by atoms with Gasteiger partial charge in [-0.15, -0.1) is 10.2 Å². The molecule has 1 saturated carbocycles. The van der Waals surface area contributed by atoms with E-state index in [-0.39, 0.29) is 11.9 Å². The van der Waals surface area contributed by atoms with Crippen molar-refractivity contribution in [2.75, 3.05) is 25.5 Å². The van der Waals surface area contributed by atoms with Crippen molar-refractivity contribution in [1.29, 1.82) is 0 Å². The summed E-state index contributed by atoms with van der Waals surface area (Å²) in [6.07, 6.45) is 5.19. The summed E-state index contributed by atoms with van der Waals surface area (Å²) >= 11 is 1.50. The maximum Gasteiger partial charge on any atom is 0.233 e. The van der Waals surface area contributed by atoms with Gasteiger partial charge in [-0.25, -0.2) is 0 Å². The van der Waals surface area contributed by atoms with E-state index in [0.29, 0.717) is 24.9 Å². The van der Waals surface area contributed by atoms with E-state index in [4.69, 9.17) is 9.47 Å². The van der Waals surface area contributed by atoms with Gasteiger partial charge in [-0.3, -0.25) is 4.79 Å². The molecule has 182 valence electrons. The average molecular weight is 491 g/mol. The van der Waals surface area contributed by atoms with Crippen LogP contribution in [0.4, 0.5) is 0 Å². The average Bonchev–Trinajstić information content (AvgIpc) is 3.55. The van der Waals surface area contributed by atoms with Crippen LogP contribution in [0.15, 0.2) is 53.7 Å². The highest BCUT2D eigenvalue weighted by molar-refractivity contribution is 7.99. The van der Waals surface area contributed by atoms with Crippen LogP contribution in [0.5, 0.6) is 11.5 Å². The first-order chi connectivity index (χ1) is 17.3. The Morgan fingerprint density at radius 1 is 0.971 bits per heavy atom. The van der Waals surface area contributed by atoms with Crippen molar-refractivity contribution >= 4 is 17.7 Å². The number of thioether (sulfide) groups is 1. The van der Waals surface area contributed by atoms with E-state index in [9.17, 15) is 4.79 Å². The zero-order valence-corrected chi connectivity index (χ0v) is 20.6. The van der Waals surface area contributed by atoms with E-state index >= 15 is 0 Å². The predicted octanol–water partition coefficient (Wildman–Crippen LogP) is 4.82. The Morgan fingerprint density at radius 3 is 2.63 bits per heavy atom. The van der Waals surface area contributed by atoms with Crippen molar-refractivity contribution in [3.8, 4) is 11.5 Å². The first-order valence-electron chi connectivity index (χ1n) is 12.5. The Bertz CT molecular complexity index is 1190. The summed E-state index contributed by atoms with van der Waals surface area (Å²) in [5, 5.41) is 9.81. The maximum atomic E-state index is 13.4. The number of amides is 1. The number of aromatic nitrogens is 3. The largest absolute Gasteiger partial charge is 0.490 e. The van der Waals surface area contributed by atoms with Crippen molar-refractivity contribution in [2.45, 2.75) is 55.8 Å². The second kappa shape index (κ2) is 9.93. The molecule has 7 nitrogen and oxygen atoms in total. The van der Waals surface area contributed by atoms with Gasteiger partial charge in [-0.1, -0.05) is 48.2 Å². The van der Waals surface area contributed by atoms with Crippen molar-refractivity contribution < 1.29 is 14.3 Å². The number of hydrogen-bond acceptors (Lipinski definition) is 6. The topological polar surface area (TPSA) is 69.5 Å². The number of hydrogen-bond donors (Lipinski definition) is 0. The summed E-state index contributed by atoms with van der Waals surface area (Å²) in [6, 6.07) is 16.6. The minimum Gasteiger partial charge on any atom is -0.490 e. The first kappa shape index (κ1) is 22.5. The van der Waals surface area contributed by atoms with Gasteiger partial charge >= 0.3 is 0 Å². The molecule has 1 aromatic heterocycles. The smallest absolute Gasteiger partial charge is 0.233 e. The van der Waals surface area contributed by atoms with Crippen molar-refractivity contribution in [3.05, 3.63) is 65.5 Å². The van der Waals surface area contributed by atoms with Crippen LogP contribution in [-0.2, 0) is 11.3 Å². The molecular weight excluding hydrogens is 460 g/mol. The summed E-state index contributed by atoms with van der Waals surface area (Å²) in [5.74, 6) is 3.64. The van der Waals surface area contributed by atoms with Gasteiger partial charge in [0.1, 0.15) is 5.82 Å². The second-order valence-corrected chi connectivity index (χ2v) is 10.4. The van der Waals surface area contributed by atoms with E-state index in [2.05, 4.69) is 51.2 Å². The molecule has 0 radical (unpaired) electrons. The predicted molar refractivity (Wildman–Crippen MR) is 134 cm³/mol. The third-order valence-corrected chi connectivity index (χ3v) is 7.88. The number of carbonyl (C=O) groups excluding carboxylic acids is 1. The summed E-state index contributed by atoms with van der Waals surface area (Å²) in [5.41, 5.74) is 2.34. The molecule has 3 heterocycles. The van der Waals surface area contributed by atoms with Crippen LogP contribution < -0.4 is 9.47 Å². The zero-order valence-electron chi connectivity index (χ0n) is 19.8. The van der Waals surface area contributed by atoms with Crippen molar-refractivity contribution in [3.63, 3.8) is 0 Å². The van der Waals surface area contributed by atoms with Gasteiger partial charge in [0.15, 0.2) is 16.7 Å². The third kappa shape index (κ3) is 4.89. The van der Waals surface area contributed by atoms with E-state index < -0.39 is 0 Å². The summed E-state index contributed by atoms with van der Waals surface area (Å²) in [4.78, 5) is 15.4. The second-order valence-electron chi connectivity index (χ2n) is 9.48. The number of fused-ring (bicyclic) bond motifs is 1. The highest BCUT2D eigenvalue weighted by atomic mass is 32.2. The molecular formula is C27H30N4O3S. The standard InChI is InChI=1S/C27H30N4O3S/c32-25(30-13-4-8-22(30)21-11-12-23-24(16-21)34-15-5-14-33-23)18-35-27-29-28-26(20-9-10-20)31(27)17-19-6-2-1-3-7-19/h1-3,6-7,11-12,16,20,22H,4-5,8-10,13-15,17-18H2. The van der Waals surface area contributed by atoms with Gasteiger partial charge in [-0.2, -0.15) is 0 Å². The van der Waals surface area contributed by atoms with E-state index in [1.807, 2.05) is 17.0 Å². The molecule has 1 saturated heterocycles. The summed E-state index contributed by atoms with van der Waals surface area (Å²) in [6.45, 7) is 2.85. The Labute approximate surface area is 209 Å². The fourth-order valence-electron chi connectivity index (χ4n) is 4.97. The monoisotopic (exact) mass is 490 g/mol. The van der Waals surface area contributed by atoms with Crippen LogP contribution in [0, 0.1) is 0 Å². The zero-order chi connectivity index (χ0) is 23.6. The fourth-order valence-corrected chi connectivity index (χ4v) is 5.80. The van der Waals surface area contributed by atoms with Gasteiger partial charge in [0.25, 0.3) is 0 Å². The summed E-state index contributed by atoms with van der Waals surface area (Å²) in [7, 11) is 0. The van der Waals surface area contributed by atoms with E-state index in [0.717, 1.165) is 60.4 Å². The van der Waals surface area contributed by atoms with Gasteiger partial charge in [-0.05, 0) is 48.9 Å². The summed E-state index contributed by atoms with van der Waals surface area (Å²) < 4.78 is 13.9. The molecule has 2 fully saturated rings. The van der Waals surface area contributed by atoms with Crippen LogP contribution in [0.2, 0.25) is 0 Å². The lowest BCUT2D eigenvalue weighted by Gasteiger charge is -2.25. The molecule has 2 aromatic carbocycles. The lowest BCUT2D eigenvalue weighted by Crippen LogP contribution is -2.32. The molecule has 3 aliphatic rings.